The van der Waals surface area contributed by atoms with Crippen molar-refractivity contribution < 1.29 is 9.53 Å². The van der Waals surface area contributed by atoms with Crippen LogP contribution in [0, 0.1) is 5.41 Å². The predicted octanol–water partition coefficient (Wildman–Crippen LogP) is 2.33. The average Bonchev–Trinajstić information content (AvgIpc) is 2.96. The van der Waals surface area contributed by atoms with Gasteiger partial charge in [-0.3, -0.25) is 19.1 Å². The number of H-pyrrole nitrogens is 1. The zero-order chi connectivity index (χ0) is 20.0. The van der Waals surface area contributed by atoms with Gasteiger partial charge in [0.2, 0.25) is 0 Å². The minimum atomic E-state index is -1.12. The summed E-state index contributed by atoms with van der Waals surface area (Å²) >= 11 is 12.0. The molecule has 0 unspecified atom stereocenters. The number of esters is 1. The maximum absolute atomic E-state index is 12.3. The summed E-state index contributed by atoms with van der Waals surface area (Å²) in [5, 5.41) is 0. The standard InChI is InChI=1S/C17H22Cl2N4O4/c1-4-6-7-23-12-11(13(24)21-15(23)26)22(5-2)10(20-12)8-27-14(25)16(3)9-17(16,18)19/h4-9H2,1-3H3,(H,21,24,26)/t16-/m1/s1. The second-order valence-corrected chi connectivity index (χ2v) is 8.48. The molecule has 0 spiro atoms. The Kier molecular flexibility index (Phi) is 5.16. The van der Waals surface area contributed by atoms with Crippen molar-refractivity contribution in [1.29, 1.82) is 0 Å². The first-order valence-electron chi connectivity index (χ1n) is 8.93. The third kappa shape index (κ3) is 3.29. The molecule has 1 N–H and O–H groups in total. The quantitative estimate of drug-likeness (QED) is 0.551. The molecule has 0 radical (unpaired) electrons. The molecule has 1 fully saturated rings. The second-order valence-electron chi connectivity index (χ2n) is 7.00. The van der Waals surface area contributed by atoms with Gasteiger partial charge in [-0.05, 0) is 20.3 Å². The van der Waals surface area contributed by atoms with E-state index in [0.717, 1.165) is 12.8 Å². The van der Waals surface area contributed by atoms with Gasteiger partial charge in [-0.2, -0.15) is 0 Å². The highest BCUT2D eigenvalue weighted by molar-refractivity contribution is 6.53. The average molecular weight is 417 g/mol. The molecule has 27 heavy (non-hydrogen) atoms. The number of hydrogen-bond donors (Lipinski definition) is 1. The van der Waals surface area contributed by atoms with Crippen LogP contribution in [0.3, 0.4) is 0 Å². The normalized spacial score (nSPS) is 20.8. The van der Waals surface area contributed by atoms with Crippen molar-refractivity contribution in [2.75, 3.05) is 0 Å². The van der Waals surface area contributed by atoms with Crippen molar-refractivity contribution in [3.05, 3.63) is 26.7 Å². The molecule has 1 aliphatic rings. The van der Waals surface area contributed by atoms with Gasteiger partial charge in [0.1, 0.15) is 22.2 Å². The van der Waals surface area contributed by atoms with Crippen molar-refractivity contribution in [3.63, 3.8) is 0 Å². The lowest BCUT2D eigenvalue weighted by Gasteiger charge is -2.12. The minimum absolute atomic E-state index is 0.137. The lowest BCUT2D eigenvalue weighted by Crippen LogP contribution is -2.31. The molecular weight excluding hydrogens is 395 g/mol. The van der Waals surface area contributed by atoms with E-state index >= 15 is 0 Å². The fourth-order valence-corrected chi connectivity index (χ4v) is 3.79. The van der Waals surface area contributed by atoms with E-state index in [2.05, 4.69) is 9.97 Å². The van der Waals surface area contributed by atoms with Crippen LogP contribution in [0.2, 0.25) is 0 Å². The predicted molar refractivity (Wildman–Crippen MR) is 102 cm³/mol. The third-order valence-corrected chi connectivity index (χ3v) is 6.16. The highest BCUT2D eigenvalue weighted by Gasteiger charge is 2.69. The third-order valence-electron chi connectivity index (χ3n) is 5.06. The zero-order valence-corrected chi connectivity index (χ0v) is 17.0. The number of unbranched alkanes of at least 4 members (excludes halogenated alkanes) is 1. The Hall–Kier alpha value is -1.80. The van der Waals surface area contributed by atoms with Gasteiger partial charge in [-0.15, -0.1) is 23.2 Å². The second kappa shape index (κ2) is 6.98. The van der Waals surface area contributed by atoms with Crippen LogP contribution >= 0.6 is 23.2 Å². The summed E-state index contributed by atoms with van der Waals surface area (Å²) in [5.74, 6) is -0.124. The van der Waals surface area contributed by atoms with Crippen molar-refractivity contribution in [1.82, 2.24) is 19.1 Å². The molecule has 2 heterocycles. The fraction of sp³-hybridized carbons (Fsp3) is 0.647. The molecule has 148 valence electrons. The fourth-order valence-electron chi connectivity index (χ4n) is 3.10. The molecular formula is C17H22Cl2N4O4. The summed E-state index contributed by atoms with van der Waals surface area (Å²) in [4.78, 5) is 43.6. The maximum Gasteiger partial charge on any atom is 0.330 e. The van der Waals surface area contributed by atoms with E-state index in [4.69, 9.17) is 27.9 Å². The zero-order valence-electron chi connectivity index (χ0n) is 15.5. The highest BCUT2D eigenvalue weighted by atomic mass is 35.5. The van der Waals surface area contributed by atoms with Crippen molar-refractivity contribution >= 4 is 40.3 Å². The van der Waals surface area contributed by atoms with Gasteiger partial charge in [0.05, 0.1) is 0 Å². The van der Waals surface area contributed by atoms with E-state index in [1.807, 2.05) is 13.8 Å². The first kappa shape index (κ1) is 19.9. The number of nitrogens with zero attached hydrogens (tertiary/aromatic N) is 3. The number of rotatable bonds is 7. The Morgan fingerprint density at radius 2 is 1.96 bits per heavy atom. The molecule has 2 aromatic rings. The van der Waals surface area contributed by atoms with Gasteiger partial charge in [-0.1, -0.05) is 13.3 Å². The molecule has 2 aromatic heterocycles. The van der Waals surface area contributed by atoms with E-state index in [9.17, 15) is 14.4 Å². The van der Waals surface area contributed by atoms with Crippen LogP contribution in [-0.4, -0.2) is 29.4 Å². The molecule has 0 amide bonds. The largest absolute Gasteiger partial charge is 0.457 e. The van der Waals surface area contributed by atoms with Crippen LogP contribution in [-0.2, 0) is 29.2 Å². The summed E-state index contributed by atoms with van der Waals surface area (Å²) in [6.07, 6.45) is 1.99. The number of ether oxygens (including phenoxy) is 1. The number of carbonyl (C=O) groups is 1. The Labute approximate surface area is 165 Å². The first-order chi connectivity index (χ1) is 12.7. The van der Waals surface area contributed by atoms with E-state index in [-0.39, 0.29) is 6.61 Å². The number of imidazole rings is 1. The monoisotopic (exact) mass is 416 g/mol. The molecule has 0 aliphatic heterocycles. The van der Waals surface area contributed by atoms with Crippen molar-refractivity contribution in [3.8, 4) is 0 Å². The Morgan fingerprint density at radius 3 is 2.52 bits per heavy atom. The smallest absolute Gasteiger partial charge is 0.330 e. The van der Waals surface area contributed by atoms with Gasteiger partial charge >= 0.3 is 11.7 Å². The molecule has 0 aromatic carbocycles. The summed E-state index contributed by atoms with van der Waals surface area (Å²) in [6, 6.07) is 0. The number of aromatic amines is 1. The van der Waals surface area contributed by atoms with Crippen LogP contribution in [0.15, 0.2) is 9.59 Å². The highest BCUT2D eigenvalue weighted by Crippen LogP contribution is 2.64. The van der Waals surface area contributed by atoms with Crippen LogP contribution < -0.4 is 11.2 Å². The topological polar surface area (TPSA) is 99.0 Å². The molecule has 1 aliphatic carbocycles. The molecule has 0 bridgehead atoms. The number of fused-ring (bicyclic) bond motifs is 1. The number of carbonyl (C=O) groups excluding carboxylic acids is 1. The molecule has 1 saturated carbocycles. The molecule has 10 heteroatoms. The van der Waals surface area contributed by atoms with Gasteiger partial charge in [0, 0.05) is 19.5 Å². The summed E-state index contributed by atoms with van der Waals surface area (Å²) in [5.41, 5.74) is -1.36. The summed E-state index contributed by atoms with van der Waals surface area (Å²) in [6.45, 7) is 6.24. The first-order valence-corrected chi connectivity index (χ1v) is 9.69. The van der Waals surface area contributed by atoms with Crippen molar-refractivity contribution in [2.45, 2.75) is 64.1 Å². The lowest BCUT2D eigenvalue weighted by molar-refractivity contribution is -0.151. The molecule has 8 nitrogen and oxygen atoms in total. The number of aromatic nitrogens is 4. The van der Waals surface area contributed by atoms with Gasteiger partial charge < -0.3 is 9.30 Å². The van der Waals surface area contributed by atoms with Gasteiger partial charge in [0.15, 0.2) is 11.2 Å². The molecule has 0 saturated heterocycles. The Balaban J connectivity index is 1.96. The number of hydrogen-bond acceptors (Lipinski definition) is 5. The Bertz CT molecular complexity index is 1010. The molecule has 1 atom stereocenters. The van der Waals surface area contributed by atoms with Crippen LogP contribution in [0.4, 0.5) is 0 Å². The van der Waals surface area contributed by atoms with Crippen LogP contribution in [0.25, 0.3) is 11.2 Å². The minimum Gasteiger partial charge on any atom is -0.457 e. The number of nitrogens with one attached hydrogen (secondary N) is 1. The van der Waals surface area contributed by atoms with Crippen LogP contribution in [0.1, 0.15) is 45.9 Å². The van der Waals surface area contributed by atoms with Gasteiger partial charge in [-0.25, -0.2) is 9.78 Å². The summed E-state index contributed by atoms with van der Waals surface area (Å²) < 4.78 is 7.34. The Morgan fingerprint density at radius 1 is 1.30 bits per heavy atom. The summed E-state index contributed by atoms with van der Waals surface area (Å²) in [7, 11) is 0. The van der Waals surface area contributed by atoms with E-state index < -0.39 is 27.0 Å². The lowest BCUT2D eigenvalue weighted by atomic mass is 10.1. The van der Waals surface area contributed by atoms with Gasteiger partial charge in [0.25, 0.3) is 5.56 Å². The SMILES string of the molecule is CCCCn1c(=O)[nH]c(=O)c2c1nc(COC(=O)[C@@]1(C)CC1(Cl)Cl)n2CC. The van der Waals surface area contributed by atoms with Crippen molar-refractivity contribution in [2.24, 2.45) is 5.41 Å². The van der Waals surface area contributed by atoms with E-state index in [1.165, 1.54) is 4.57 Å². The van der Waals surface area contributed by atoms with Crippen LogP contribution in [0.5, 0.6) is 0 Å². The van der Waals surface area contributed by atoms with E-state index in [1.54, 1.807) is 11.5 Å². The number of aryl methyl sites for hydroxylation is 2. The van der Waals surface area contributed by atoms with E-state index in [0.29, 0.717) is 36.5 Å². The number of alkyl halides is 2. The number of halogens is 2. The molecule has 3 rings (SSSR count). The maximum atomic E-state index is 12.3.